The minimum atomic E-state index is -4.61. The lowest BCUT2D eigenvalue weighted by Gasteiger charge is -2.10. The molecule has 0 aliphatic heterocycles. The Kier molecular flexibility index (Phi) is 5.22. The lowest BCUT2D eigenvalue weighted by molar-refractivity contribution is -0.138. The highest BCUT2D eigenvalue weighted by molar-refractivity contribution is 7.15. The van der Waals surface area contributed by atoms with Crippen molar-refractivity contribution < 1.29 is 18.0 Å². The van der Waals surface area contributed by atoms with Crippen molar-refractivity contribution in [1.82, 2.24) is 15.2 Å². The van der Waals surface area contributed by atoms with E-state index in [0.717, 1.165) is 0 Å². The number of aryl methyl sites for hydroxylation is 1. The molecule has 0 unspecified atom stereocenters. The van der Waals surface area contributed by atoms with E-state index in [2.05, 4.69) is 20.5 Å². The Bertz CT molecular complexity index is 911. The largest absolute Gasteiger partial charge is 0.445 e. The van der Waals surface area contributed by atoms with Crippen molar-refractivity contribution in [2.24, 2.45) is 0 Å². The molecule has 0 saturated heterocycles. The van der Waals surface area contributed by atoms with Gasteiger partial charge in [0.05, 0.1) is 0 Å². The fraction of sp³-hybridized carbons (Fsp3) is 0.357. The van der Waals surface area contributed by atoms with Gasteiger partial charge < -0.3 is 10.3 Å². The van der Waals surface area contributed by atoms with Gasteiger partial charge in [-0.3, -0.25) is 9.59 Å². The molecule has 0 saturated carbocycles. The molecule has 0 fully saturated rings. The molecule has 0 radical (unpaired) electrons. The van der Waals surface area contributed by atoms with E-state index in [1.54, 1.807) is 13.8 Å². The van der Waals surface area contributed by atoms with Crippen molar-refractivity contribution in [1.29, 1.82) is 5.26 Å². The third-order valence-corrected chi connectivity index (χ3v) is 4.32. The number of rotatable bonds is 4. The van der Waals surface area contributed by atoms with Crippen LogP contribution in [0.4, 0.5) is 18.3 Å². The topological polar surface area (TPSA) is 112 Å². The maximum atomic E-state index is 12.4. The summed E-state index contributed by atoms with van der Waals surface area (Å²) in [4.78, 5) is 26.1. The zero-order chi connectivity index (χ0) is 18.8. The van der Waals surface area contributed by atoms with Crippen molar-refractivity contribution in [2.75, 3.05) is 5.32 Å². The van der Waals surface area contributed by atoms with Gasteiger partial charge in [0, 0.05) is 12.1 Å². The molecule has 132 valence electrons. The summed E-state index contributed by atoms with van der Waals surface area (Å²) >= 11 is 0.234. The molecule has 2 aromatic heterocycles. The van der Waals surface area contributed by atoms with Crippen LogP contribution in [0, 0.1) is 25.2 Å². The van der Waals surface area contributed by atoms with E-state index in [9.17, 15) is 22.8 Å². The van der Waals surface area contributed by atoms with Crippen LogP contribution >= 0.6 is 11.3 Å². The maximum absolute atomic E-state index is 12.4. The first kappa shape index (κ1) is 18.6. The Labute approximate surface area is 143 Å². The van der Waals surface area contributed by atoms with Gasteiger partial charge in [-0.2, -0.15) is 18.4 Å². The molecule has 0 aliphatic carbocycles. The van der Waals surface area contributed by atoms with Gasteiger partial charge in [-0.25, -0.2) is 0 Å². The number of carbonyl (C=O) groups is 1. The number of hydrogen-bond acceptors (Lipinski definition) is 6. The number of anilines is 1. The van der Waals surface area contributed by atoms with Gasteiger partial charge in [-0.15, -0.1) is 10.2 Å². The molecule has 2 N–H and O–H groups in total. The highest BCUT2D eigenvalue weighted by Gasteiger charge is 2.35. The standard InChI is InChI=1S/C14H12F3N5O2S/c1-6-8(7(2)19-11(24)9(6)5-18)3-4-10(23)20-13-22-21-12(25-13)14(15,16)17/h3-4H2,1-2H3,(H,19,24)(H,20,22,23). The first-order valence-electron chi connectivity index (χ1n) is 6.96. The Balaban J connectivity index is 2.07. The Morgan fingerprint density at radius 3 is 2.60 bits per heavy atom. The second kappa shape index (κ2) is 7.02. The van der Waals surface area contributed by atoms with E-state index in [-0.39, 0.29) is 34.9 Å². The lowest BCUT2D eigenvalue weighted by Crippen LogP contribution is -2.18. The van der Waals surface area contributed by atoms with Gasteiger partial charge in [0.1, 0.15) is 11.6 Å². The Morgan fingerprint density at radius 1 is 1.36 bits per heavy atom. The maximum Gasteiger partial charge on any atom is 0.445 e. The molecular weight excluding hydrogens is 359 g/mol. The van der Waals surface area contributed by atoms with Crippen LogP contribution in [0.15, 0.2) is 4.79 Å². The van der Waals surface area contributed by atoms with Crippen LogP contribution in [-0.2, 0) is 17.4 Å². The zero-order valence-electron chi connectivity index (χ0n) is 13.1. The van der Waals surface area contributed by atoms with Crippen LogP contribution < -0.4 is 10.9 Å². The van der Waals surface area contributed by atoms with Crippen LogP contribution in [0.5, 0.6) is 0 Å². The summed E-state index contributed by atoms with van der Waals surface area (Å²) in [6, 6.07) is 1.81. The van der Waals surface area contributed by atoms with Gasteiger partial charge in [-0.05, 0) is 31.4 Å². The van der Waals surface area contributed by atoms with Gasteiger partial charge >= 0.3 is 6.18 Å². The summed E-state index contributed by atoms with van der Waals surface area (Å²) in [5.74, 6) is -0.548. The summed E-state index contributed by atoms with van der Waals surface area (Å²) in [5, 5.41) is 16.1. The van der Waals surface area contributed by atoms with Crippen LogP contribution in [0.25, 0.3) is 0 Å². The predicted octanol–water partition coefficient (Wildman–Crippen LogP) is 2.31. The second-order valence-electron chi connectivity index (χ2n) is 5.13. The second-order valence-corrected chi connectivity index (χ2v) is 6.11. The molecular formula is C14H12F3N5O2S. The van der Waals surface area contributed by atoms with E-state index < -0.39 is 22.7 Å². The number of H-pyrrole nitrogens is 1. The Hall–Kier alpha value is -2.74. The van der Waals surface area contributed by atoms with E-state index in [0.29, 0.717) is 16.8 Å². The van der Waals surface area contributed by atoms with E-state index in [1.165, 1.54) is 0 Å². The molecule has 0 aliphatic rings. The quantitative estimate of drug-likeness (QED) is 0.857. The average Bonchev–Trinajstić information content (AvgIpc) is 2.95. The fourth-order valence-electron chi connectivity index (χ4n) is 2.23. The number of nitrogens with one attached hydrogen (secondary N) is 2. The van der Waals surface area contributed by atoms with Crippen molar-refractivity contribution in [2.45, 2.75) is 32.9 Å². The first-order chi connectivity index (χ1) is 11.6. The van der Waals surface area contributed by atoms with Crippen LogP contribution in [-0.4, -0.2) is 21.1 Å². The van der Waals surface area contributed by atoms with Crippen LogP contribution in [0.1, 0.15) is 33.8 Å². The smallest absolute Gasteiger partial charge is 0.325 e. The van der Waals surface area contributed by atoms with Crippen LogP contribution in [0.2, 0.25) is 0 Å². The molecule has 1 amide bonds. The Morgan fingerprint density at radius 2 is 2.04 bits per heavy atom. The number of nitriles is 1. The summed E-state index contributed by atoms with van der Waals surface area (Å²) in [6.45, 7) is 3.25. The fourth-order valence-corrected chi connectivity index (χ4v) is 2.86. The molecule has 0 aromatic carbocycles. The van der Waals surface area contributed by atoms with Crippen molar-refractivity contribution >= 4 is 22.4 Å². The number of carbonyl (C=O) groups excluding carboxylic acids is 1. The predicted molar refractivity (Wildman–Crippen MR) is 83.1 cm³/mol. The molecule has 25 heavy (non-hydrogen) atoms. The summed E-state index contributed by atoms with van der Waals surface area (Å²) in [7, 11) is 0. The minimum Gasteiger partial charge on any atom is -0.325 e. The van der Waals surface area contributed by atoms with E-state index in [1.807, 2.05) is 6.07 Å². The number of nitrogens with zero attached hydrogens (tertiary/aromatic N) is 3. The summed E-state index contributed by atoms with van der Waals surface area (Å²) in [6.07, 6.45) is -4.46. The number of pyridine rings is 1. The minimum absolute atomic E-state index is 0.0278. The van der Waals surface area contributed by atoms with Crippen LogP contribution in [0.3, 0.4) is 0 Å². The van der Waals surface area contributed by atoms with Gasteiger partial charge in [0.25, 0.3) is 5.56 Å². The number of aromatic nitrogens is 3. The van der Waals surface area contributed by atoms with Gasteiger partial charge in [0.2, 0.25) is 16.0 Å². The highest BCUT2D eigenvalue weighted by atomic mass is 32.1. The molecule has 0 spiro atoms. The van der Waals surface area contributed by atoms with Crippen molar-refractivity contribution in [3.05, 3.63) is 37.7 Å². The van der Waals surface area contributed by atoms with Gasteiger partial charge in [0.15, 0.2) is 0 Å². The molecule has 2 aromatic rings. The number of aromatic amines is 1. The SMILES string of the molecule is Cc1[nH]c(=O)c(C#N)c(C)c1CCC(=O)Nc1nnc(C(F)(F)F)s1. The average molecular weight is 371 g/mol. The van der Waals surface area contributed by atoms with Crippen molar-refractivity contribution in [3.8, 4) is 6.07 Å². The van der Waals surface area contributed by atoms with E-state index in [4.69, 9.17) is 5.26 Å². The molecule has 0 atom stereocenters. The third-order valence-electron chi connectivity index (χ3n) is 3.44. The number of hydrogen-bond donors (Lipinski definition) is 2. The molecule has 0 bridgehead atoms. The van der Waals surface area contributed by atoms with Crippen molar-refractivity contribution in [3.63, 3.8) is 0 Å². The highest BCUT2D eigenvalue weighted by Crippen LogP contribution is 2.33. The lowest BCUT2D eigenvalue weighted by atomic mass is 9.99. The van der Waals surface area contributed by atoms with E-state index >= 15 is 0 Å². The molecule has 7 nitrogen and oxygen atoms in total. The summed E-state index contributed by atoms with van der Waals surface area (Å²) < 4.78 is 37.3. The zero-order valence-corrected chi connectivity index (χ0v) is 13.9. The normalized spacial score (nSPS) is 11.2. The monoisotopic (exact) mass is 371 g/mol. The molecule has 11 heteroatoms. The van der Waals surface area contributed by atoms with Gasteiger partial charge in [-0.1, -0.05) is 11.3 Å². The first-order valence-corrected chi connectivity index (χ1v) is 7.78. The number of alkyl halides is 3. The number of amides is 1. The summed E-state index contributed by atoms with van der Waals surface area (Å²) in [5.41, 5.74) is 1.12. The molecule has 2 rings (SSSR count). The third kappa shape index (κ3) is 4.21. The number of halogens is 3. The molecule has 2 heterocycles.